The number of unbranched alkanes of at least 4 members (excludes halogenated alkanes) is 28. The minimum atomic E-state index is -4.52. The summed E-state index contributed by atoms with van der Waals surface area (Å²) in [5, 5.41) is 0. The van der Waals surface area contributed by atoms with Gasteiger partial charge in [-0.2, -0.15) is 0 Å². The van der Waals surface area contributed by atoms with Crippen molar-refractivity contribution in [1.29, 1.82) is 0 Å². The van der Waals surface area contributed by atoms with E-state index in [4.69, 9.17) is 18.5 Å². The molecule has 0 rings (SSSR count). The van der Waals surface area contributed by atoms with Crippen molar-refractivity contribution in [2.45, 2.75) is 225 Å². The molecule has 2 atom stereocenters. The molecule has 0 aliphatic rings. The van der Waals surface area contributed by atoms with Crippen LogP contribution in [-0.2, 0) is 27.9 Å². The molecule has 2 unspecified atom stereocenters. The smallest absolute Gasteiger partial charge is 0.306 e. The van der Waals surface area contributed by atoms with Gasteiger partial charge in [-0.15, -0.1) is 0 Å². The fourth-order valence-electron chi connectivity index (χ4n) is 6.66. The van der Waals surface area contributed by atoms with Gasteiger partial charge in [0.25, 0.3) is 7.82 Å². The Balaban J connectivity index is 4.16. The van der Waals surface area contributed by atoms with Crippen molar-refractivity contribution >= 4 is 13.8 Å². The van der Waals surface area contributed by atoms with E-state index in [-0.39, 0.29) is 25.8 Å². The predicted octanol–water partition coefficient (Wildman–Crippen LogP) is 13.2. The molecule has 328 valence electrons. The van der Waals surface area contributed by atoms with Crippen molar-refractivity contribution in [1.82, 2.24) is 0 Å². The maximum Gasteiger partial charge on any atom is 0.306 e. The molecule has 55 heavy (non-hydrogen) atoms. The summed E-state index contributed by atoms with van der Waals surface area (Å²) >= 11 is 0. The fraction of sp³-hybridized carbons (Fsp3) is 0.935. The third-order valence-electron chi connectivity index (χ3n) is 10.3. The summed E-state index contributed by atoms with van der Waals surface area (Å²) in [5.41, 5.74) is 0. The van der Waals surface area contributed by atoms with Gasteiger partial charge < -0.3 is 27.9 Å². The van der Waals surface area contributed by atoms with Gasteiger partial charge in [-0.05, 0) is 38.5 Å². The lowest BCUT2D eigenvalue weighted by atomic mass is 10.0. The number of ether oxygens (including phenoxy) is 2. The first kappa shape index (κ1) is 54.2. The molecule has 9 heteroatoms. The number of carbonyl (C=O) groups excluding carboxylic acids is 1. The Bertz CT molecular complexity index is 894. The lowest BCUT2D eigenvalue weighted by Gasteiger charge is -2.28. The molecule has 0 bridgehead atoms. The summed E-state index contributed by atoms with van der Waals surface area (Å²) in [5.74, 6) is -0.331. The van der Waals surface area contributed by atoms with Crippen molar-refractivity contribution in [2.24, 2.45) is 0 Å². The van der Waals surface area contributed by atoms with Gasteiger partial charge in [0.2, 0.25) is 0 Å². The van der Waals surface area contributed by atoms with Crippen LogP contribution >= 0.6 is 7.82 Å². The highest BCUT2D eigenvalue weighted by molar-refractivity contribution is 7.45. The number of hydrogen-bond acceptors (Lipinski definition) is 7. The van der Waals surface area contributed by atoms with Crippen LogP contribution in [0, 0.1) is 0 Å². The van der Waals surface area contributed by atoms with E-state index in [0.717, 1.165) is 32.1 Å². The second-order valence-corrected chi connectivity index (χ2v) is 18.5. The van der Waals surface area contributed by atoms with Crippen molar-refractivity contribution in [3.63, 3.8) is 0 Å². The molecule has 8 nitrogen and oxygen atoms in total. The predicted molar refractivity (Wildman–Crippen MR) is 231 cm³/mol. The molecular weight excluding hydrogens is 709 g/mol. The highest BCUT2D eigenvalue weighted by Crippen LogP contribution is 2.38. The zero-order valence-electron chi connectivity index (χ0n) is 37.1. The molecule has 0 fully saturated rings. The minimum Gasteiger partial charge on any atom is -0.756 e. The van der Waals surface area contributed by atoms with Crippen LogP contribution in [0.4, 0.5) is 0 Å². The van der Waals surface area contributed by atoms with Gasteiger partial charge in [0.1, 0.15) is 19.3 Å². The van der Waals surface area contributed by atoms with Crippen molar-refractivity contribution in [2.75, 3.05) is 54.1 Å². The molecule has 0 heterocycles. The maximum absolute atomic E-state index is 12.7. The minimum absolute atomic E-state index is 0.0289. The van der Waals surface area contributed by atoms with E-state index in [2.05, 4.69) is 26.0 Å². The van der Waals surface area contributed by atoms with E-state index >= 15 is 0 Å². The van der Waals surface area contributed by atoms with Gasteiger partial charge in [-0.1, -0.05) is 187 Å². The molecule has 0 aromatic carbocycles. The molecule has 0 saturated heterocycles. The Morgan fingerprint density at radius 2 is 0.945 bits per heavy atom. The summed E-state index contributed by atoms with van der Waals surface area (Å²) in [7, 11) is 1.37. The zero-order valence-corrected chi connectivity index (χ0v) is 38.0. The maximum atomic E-state index is 12.7. The van der Waals surface area contributed by atoms with Gasteiger partial charge in [-0.25, -0.2) is 0 Å². The highest BCUT2D eigenvalue weighted by Gasteiger charge is 2.20. The molecule has 0 aliphatic heterocycles. The Morgan fingerprint density at radius 3 is 1.38 bits per heavy atom. The second kappa shape index (κ2) is 40.0. The van der Waals surface area contributed by atoms with Crippen molar-refractivity contribution in [3.8, 4) is 0 Å². The largest absolute Gasteiger partial charge is 0.756 e. The Labute approximate surface area is 341 Å². The Morgan fingerprint density at radius 1 is 0.545 bits per heavy atom. The molecule has 0 radical (unpaired) electrons. The summed E-state index contributed by atoms with van der Waals surface area (Å²) in [6.45, 7) is 5.44. The number of phosphoric acid groups is 1. The number of phosphoric ester groups is 1. The van der Waals surface area contributed by atoms with Gasteiger partial charge in [0.05, 0.1) is 34.4 Å². The molecule has 0 N–H and O–H groups in total. The Hall–Kier alpha value is -0.760. The number of carbonyl (C=O) groups is 1. The molecule has 0 aromatic rings. The monoisotopic (exact) mass is 802 g/mol. The van der Waals surface area contributed by atoms with Gasteiger partial charge in [-0.3, -0.25) is 9.36 Å². The van der Waals surface area contributed by atoms with Crippen LogP contribution in [-0.4, -0.2) is 70.7 Å². The van der Waals surface area contributed by atoms with E-state index in [9.17, 15) is 14.3 Å². The van der Waals surface area contributed by atoms with E-state index in [0.29, 0.717) is 24.1 Å². The topological polar surface area (TPSA) is 94.1 Å². The number of esters is 1. The summed E-state index contributed by atoms with van der Waals surface area (Å²) in [6, 6.07) is 0. The van der Waals surface area contributed by atoms with Gasteiger partial charge >= 0.3 is 5.97 Å². The van der Waals surface area contributed by atoms with E-state index in [1.165, 1.54) is 167 Å². The summed E-state index contributed by atoms with van der Waals surface area (Å²) in [6.07, 6.45) is 43.6. The average molecular weight is 802 g/mol. The average Bonchev–Trinajstić information content (AvgIpc) is 3.13. The third kappa shape index (κ3) is 44.2. The van der Waals surface area contributed by atoms with Crippen LogP contribution in [0.25, 0.3) is 0 Å². The molecule has 0 aliphatic carbocycles. The normalized spacial score (nSPS) is 13.8. The van der Waals surface area contributed by atoms with Crippen LogP contribution in [0.1, 0.15) is 219 Å². The van der Waals surface area contributed by atoms with E-state index in [1.807, 2.05) is 21.1 Å². The van der Waals surface area contributed by atoms with Crippen molar-refractivity contribution in [3.05, 3.63) is 12.2 Å². The van der Waals surface area contributed by atoms with Crippen molar-refractivity contribution < 1.29 is 37.3 Å². The first-order valence-corrected chi connectivity index (χ1v) is 24.9. The molecule has 0 spiro atoms. The van der Waals surface area contributed by atoms with Crippen LogP contribution in [0.15, 0.2) is 12.2 Å². The van der Waals surface area contributed by atoms with Crippen LogP contribution in [0.2, 0.25) is 0 Å². The molecule has 0 aromatic heterocycles. The number of allylic oxidation sites excluding steroid dienone is 2. The molecular formula is C46H92NO7P. The standard InChI is InChI=1S/C46H92NO7P/c1-6-8-10-12-14-16-18-20-22-23-24-25-26-28-30-32-34-36-38-41-51-43-45(44-53-55(49,50)52-42-40-47(3,4)5)54-46(48)39-37-35-33-31-29-27-21-19-17-15-13-11-9-7-2/h22-23,45H,6-21,24-44H2,1-5H3/b23-22-. The zero-order chi connectivity index (χ0) is 40.6. The first-order valence-electron chi connectivity index (χ1n) is 23.4. The number of nitrogens with zero attached hydrogens (tertiary/aromatic N) is 1. The molecule has 0 saturated carbocycles. The summed E-state index contributed by atoms with van der Waals surface area (Å²) in [4.78, 5) is 25.1. The SMILES string of the molecule is CCCCCCCCC/C=C\CCCCCCCCCCOCC(COP(=O)([O-])OCC[N+](C)(C)C)OC(=O)CCCCCCCCCCCCCCCC. The van der Waals surface area contributed by atoms with E-state index in [1.54, 1.807) is 0 Å². The number of hydrogen-bond donors (Lipinski definition) is 0. The van der Waals surface area contributed by atoms with Crippen LogP contribution in [0.3, 0.4) is 0 Å². The lowest BCUT2D eigenvalue weighted by molar-refractivity contribution is -0.870. The van der Waals surface area contributed by atoms with Crippen LogP contribution in [0.5, 0.6) is 0 Å². The number of quaternary nitrogens is 1. The third-order valence-corrected chi connectivity index (χ3v) is 11.3. The quantitative estimate of drug-likeness (QED) is 0.0199. The van der Waals surface area contributed by atoms with Gasteiger partial charge in [0.15, 0.2) is 0 Å². The number of rotatable bonds is 44. The Kier molecular flexibility index (Phi) is 39.5. The highest BCUT2D eigenvalue weighted by atomic mass is 31.2. The van der Waals surface area contributed by atoms with E-state index < -0.39 is 13.9 Å². The lowest BCUT2D eigenvalue weighted by Crippen LogP contribution is -2.37. The summed E-state index contributed by atoms with van der Waals surface area (Å²) < 4.78 is 34.6. The van der Waals surface area contributed by atoms with Crippen LogP contribution < -0.4 is 4.89 Å². The first-order chi connectivity index (χ1) is 26.6. The second-order valence-electron chi connectivity index (χ2n) is 17.1. The molecule has 0 amide bonds. The van der Waals surface area contributed by atoms with Gasteiger partial charge in [0, 0.05) is 13.0 Å². The number of likely N-dealkylation sites (N-methyl/N-ethyl adjacent to an activating group) is 1. The fourth-order valence-corrected chi connectivity index (χ4v) is 7.39.